The Morgan fingerprint density at radius 2 is 1.58 bits per heavy atom. The molecule has 1 aromatic carbocycles. The number of amides is 3. The van der Waals surface area contributed by atoms with Crippen LogP contribution in [-0.2, 0) is 14.3 Å². The van der Waals surface area contributed by atoms with E-state index in [9.17, 15) is 14.4 Å². The summed E-state index contributed by atoms with van der Waals surface area (Å²) in [6.07, 6.45) is 5.14. The van der Waals surface area contributed by atoms with Crippen molar-refractivity contribution in [3.63, 3.8) is 0 Å². The molecule has 0 aliphatic rings. The molecule has 2 N–H and O–H groups in total. The Morgan fingerprint density at radius 3 is 2.13 bits per heavy atom. The van der Waals surface area contributed by atoms with E-state index in [2.05, 4.69) is 17.6 Å². The van der Waals surface area contributed by atoms with E-state index < -0.39 is 23.8 Å². The first-order chi connectivity index (χ1) is 17.7. The lowest BCUT2D eigenvalue weighted by molar-refractivity contribution is -0.143. The zero-order chi connectivity index (χ0) is 29.0. The first kappa shape index (κ1) is 33.5. The topological polar surface area (TPSA) is 87.7 Å². The third-order valence-electron chi connectivity index (χ3n) is 6.66. The summed E-state index contributed by atoms with van der Waals surface area (Å²) >= 11 is 0. The quantitative estimate of drug-likeness (QED) is 0.265. The van der Waals surface area contributed by atoms with Gasteiger partial charge in [-0.15, -0.1) is 0 Å². The van der Waals surface area contributed by atoms with E-state index in [4.69, 9.17) is 4.74 Å². The van der Waals surface area contributed by atoms with Crippen LogP contribution in [0.2, 0.25) is 0 Å². The third-order valence-corrected chi connectivity index (χ3v) is 6.66. The van der Waals surface area contributed by atoms with Gasteiger partial charge in [0.2, 0.25) is 11.8 Å². The van der Waals surface area contributed by atoms with Gasteiger partial charge in [-0.3, -0.25) is 9.59 Å². The van der Waals surface area contributed by atoms with Crippen molar-refractivity contribution >= 4 is 17.9 Å². The first-order valence-corrected chi connectivity index (χ1v) is 14.4. The lowest BCUT2D eigenvalue weighted by Crippen LogP contribution is -2.55. The summed E-state index contributed by atoms with van der Waals surface area (Å²) in [5.74, 6) is -0.619. The molecule has 3 amide bonds. The SMILES string of the molecule is CCCCCCCN(C(=O)C(NC(=O)OC(C)(C)C)C(C)CC)C(C(=O)NC(C)C)c1cc(C)ccc1C. The van der Waals surface area contributed by atoms with Crippen LogP contribution in [0.4, 0.5) is 4.79 Å². The molecule has 0 saturated carbocycles. The van der Waals surface area contributed by atoms with Gasteiger partial charge < -0.3 is 20.3 Å². The molecule has 3 atom stereocenters. The second kappa shape index (κ2) is 15.7. The number of benzene rings is 1. The molecule has 0 bridgehead atoms. The van der Waals surface area contributed by atoms with Crippen molar-refractivity contribution in [3.05, 3.63) is 34.9 Å². The highest BCUT2D eigenvalue weighted by Gasteiger charge is 2.38. The predicted molar refractivity (Wildman–Crippen MR) is 155 cm³/mol. The molecule has 1 aromatic rings. The Morgan fingerprint density at radius 1 is 0.947 bits per heavy atom. The number of carbonyl (C=O) groups excluding carboxylic acids is 3. The fourth-order valence-corrected chi connectivity index (χ4v) is 4.42. The van der Waals surface area contributed by atoms with Crippen molar-refractivity contribution < 1.29 is 19.1 Å². The first-order valence-electron chi connectivity index (χ1n) is 14.4. The summed E-state index contributed by atoms with van der Waals surface area (Å²) in [5.41, 5.74) is 2.09. The Hall–Kier alpha value is -2.57. The number of ether oxygens (including phenoxy) is 1. The van der Waals surface area contributed by atoms with Crippen molar-refractivity contribution in [2.24, 2.45) is 5.92 Å². The van der Waals surface area contributed by atoms with Crippen LogP contribution in [-0.4, -0.2) is 47.0 Å². The van der Waals surface area contributed by atoms with Crippen molar-refractivity contribution in [1.29, 1.82) is 0 Å². The highest BCUT2D eigenvalue weighted by atomic mass is 16.6. The highest BCUT2D eigenvalue weighted by molar-refractivity contribution is 5.92. The molecule has 0 fully saturated rings. The second-order valence-corrected chi connectivity index (χ2v) is 11.9. The monoisotopic (exact) mass is 531 g/mol. The van der Waals surface area contributed by atoms with E-state index in [1.165, 1.54) is 0 Å². The highest BCUT2D eigenvalue weighted by Crippen LogP contribution is 2.28. The number of rotatable bonds is 14. The summed E-state index contributed by atoms with van der Waals surface area (Å²) < 4.78 is 5.50. The fraction of sp³-hybridized carbons (Fsp3) is 0.710. The molecule has 0 aromatic heterocycles. The Kier molecular flexibility index (Phi) is 13.9. The smallest absolute Gasteiger partial charge is 0.408 e. The number of unbranched alkanes of at least 4 members (excludes halogenated alkanes) is 4. The summed E-state index contributed by atoms with van der Waals surface area (Å²) in [6.45, 7) is 19.7. The molecule has 216 valence electrons. The van der Waals surface area contributed by atoms with Crippen LogP contribution in [0.1, 0.15) is 117 Å². The standard InChI is InChI=1S/C31H53N3O4/c1-11-13-14-15-16-19-34(29(36)26(23(6)12-2)33-30(37)38-31(8,9)10)27(28(35)32-21(3)4)25-20-22(5)17-18-24(25)7/h17-18,20-21,23,26-27H,11-16,19H2,1-10H3,(H,32,35)(H,33,37). The number of aryl methyl sites for hydroxylation is 2. The van der Waals surface area contributed by atoms with E-state index >= 15 is 0 Å². The van der Waals surface area contributed by atoms with Crippen molar-refractivity contribution in [2.75, 3.05) is 6.54 Å². The van der Waals surface area contributed by atoms with Gasteiger partial charge in [0.25, 0.3) is 0 Å². The van der Waals surface area contributed by atoms with Crippen molar-refractivity contribution in [3.8, 4) is 0 Å². The molecule has 7 nitrogen and oxygen atoms in total. The average Bonchev–Trinajstić information content (AvgIpc) is 2.81. The van der Waals surface area contributed by atoms with Gasteiger partial charge in [0.15, 0.2) is 0 Å². The molecule has 7 heteroatoms. The third kappa shape index (κ3) is 11.0. The molecule has 0 spiro atoms. The normalized spacial score (nSPS) is 14.0. The van der Waals surface area contributed by atoms with Crippen LogP contribution < -0.4 is 10.6 Å². The number of nitrogens with one attached hydrogen (secondary N) is 2. The van der Waals surface area contributed by atoms with Crippen molar-refractivity contribution in [2.45, 2.75) is 131 Å². The maximum absolute atomic E-state index is 14.3. The van der Waals surface area contributed by atoms with Crippen LogP contribution in [0.25, 0.3) is 0 Å². The van der Waals surface area contributed by atoms with Gasteiger partial charge in [-0.25, -0.2) is 4.79 Å². The molecule has 0 aliphatic carbocycles. The summed E-state index contributed by atoms with van der Waals surface area (Å²) in [4.78, 5) is 42.6. The maximum atomic E-state index is 14.3. The van der Waals surface area contributed by atoms with Crippen LogP contribution in [0.5, 0.6) is 0 Å². The second-order valence-electron chi connectivity index (χ2n) is 11.9. The zero-order valence-electron chi connectivity index (χ0n) is 25.6. The van der Waals surface area contributed by atoms with Crippen LogP contribution in [0.15, 0.2) is 18.2 Å². The summed E-state index contributed by atoms with van der Waals surface area (Å²) in [6, 6.07) is 4.31. The molecule has 38 heavy (non-hydrogen) atoms. The van der Waals surface area contributed by atoms with Gasteiger partial charge in [0, 0.05) is 12.6 Å². The van der Waals surface area contributed by atoms with Crippen LogP contribution >= 0.6 is 0 Å². The lowest BCUT2D eigenvalue weighted by atomic mass is 9.93. The summed E-state index contributed by atoms with van der Waals surface area (Å²) in [7, 11) is 0. The summed E-state index contributed by atoms with van der Waals surface area (Å²) in [5, 5.41) is 5.89. The van der Waals surface area contributed by atoms with Gasteiger partial charge in [-0.05, 0) is 71.9 Å². The number of nitrogens with zero attached hydrogens (tertiary/aromatic N) is 1. The predicted octanol–water partition coefficient (Wildman–Crippen LogP) is 6.61. The maximum Gasteiger partial charge on any atom is 0.408 e. The Balaban J connectivity index is 3.57. The lowest BCUT2D eigenvalue weighted by Gasteiger charge is -2.37. The minimum absolute atomic E-state index is 0.0816. The van der Waals surface area contributed by atoms with Crippen LogP contribution in [0, 0.1) is 19.8 Å². The van der Waals surface area contributed by atoms with Gasteiger partial charge in [-0.2, -0.15) is 0 Å². The van der Waals surface area contributed by atoms with Gasteiger partial charge >= 0.3 is 6.09 Å². The van der Waals surface area contributed by atoms with E-state index in [0.717, 1.165) is 48.8 Å². The number of hydrogen-bond donors (Lipinski definition) is 2. The fourth-order valence-electron chi connectivity index (χ4n) is 4.42. The van der Waals surface area contributed by atoms with Crippen LogP contribution in [0.3, 0.4) is 0 Å². The Bertz CT molecular complexity index is 907. The minimum atomic E-state index is -0.815. The molecular formula is C31H53N3O4. The molecule has 0 aliphatic heterocycles. The number of carbonyl (C=O) groups is 3. The number of hydrogen-bond acceptors (Lipinski definition) is 4. The molecule has 0 radical (unpaired) electrons. The minimum Gasteiger partial charge on any atom is -0.444 e. The molecule has 0 heterocycles. The van der Waals surface area contributed by atoms with Gasteiger partial charge in [0.05, 0.1) is 0 Å². The molecule has 1 rings (SSSR count). The largest absolute Gasteiger partial charge is 0.444 e. The van der Waals surface area contributed by atoms with Crippen molar-refractivity contribution in [1.82, 2.24) is 15.5 Å². The molecule has 0 saturated heterocycles. The van der Waals surface area contributed by atoms with E-state index in [1.807, 2.05) is 59.7 Å². The van der Waals surface area contributed by atoms with E-state index in [1.54, 1.807) is 25.7 Å². The van der Waals surface area contributed by atoms with E-state index in [-0.39, 0.29) is 23.8 Å². The Labute approximate surface area is 231 Å². The van der Waals surface area contributed by atoms with Gasteiger partial charge in [-0.1, -0.05) is 76.6 Å². The number of alkyl carbamates (subject to hydrolysis) is 1. The molecule has 3 unspecified atom stereocenters. The molecular weight excluding hydrogens is 478 g/mol. The van der Waals surface area contributed by atoms with Gasteiger partial charge in [0.1, 0.15) is 17.7 Å². The average molecular weight is 532 g/mol. The zero-order valence-corrected chi connectivity index (χ0v) is 25.6. The van der Waals surface area contributed by atoms with E-state index in [0.29, 0.717) is 13.0 Å².